The van der Waals surface area contributed by atoms with Crippen molar-refractivity contribution in [2.75, 3.05) is 0 Å². The predicted molar refractivity (Wildman–Crippen MR) is 67.4 cm³/mol. The number of hydrogen-bond donors (Lipinski definition) is 2. The van der Waals surface area contributed by atoms with Gasteiger partial charge < -0.3 is 14.8 Å². The topological polar surface area (TPSA) is 86.3 Å². The molecule has 96 valence electrons. The van der Waals surface area contributed by atoms with E-state index in [1.807, 2.05) is 12.1 Å². The molecule has 1 aromatic heterocycles. The number of carboxylic acids is 1. The van der Waals surface area contributed by atoms with Crippen LogP contribution in [0.25, 0.3) is 0 Å². The highest BCUT2D eigenvalue weighted by Gasteiger charge is 2.08. The number of rotatable bonds is 5. The monoisotopic (exact) mass is 256 g/mol. The molecule has 2 N–H and O–H groups in total. The summed E-state index contributed by atoms with van der Waals surface area (Å²) in [5.74, 6) is -0.579. The van der Waals surface area contributed by atoms with Crippen molar-refractivity contribution in [1.29, 1.82) is 5.26 Å². The first-order valence-corrected chi connectivity index (χ1v) is 5.71. The van der Waals surface area contributed by atoms with E-state index in [9.17, 15) is 4.79 Å². The van der Waals surface area contributed by atoms with Crippen LogP contribution in [0.5, 0.6) is 0 Å². The summed E-state index contributed by atoms with van der Waals surface area (Å²) < 4.78 is 5.11. The lowest BCUT2D eigenvalue weighted by Crippen LogP contribution is -2.12. The minimum atomic E-state index is -1.08. The van der Waals surface area contributed by atoms with Gasteiger partial charge in [-0.25, -0.2) is 4.79 Å². The van der Waals surface area contributed by atoms with Gasteiger partial charge in [-0.1, -0.05) is 12.1 Å². The van der Waals surface area contributed by atoms with Crippen LogP contribution >= 0.6 is 0 Å². The molecular weight excluding hydrogens is 244 g/mol. The minimum absolute atomic E-state index is 0.0664. The van der Waals surface area contributed by atoms with Gasteiger partial charge in [-0.15, -0.1) is 0 Å². The van der Waals surface area contributed by atoms with E-state index in [0.29, 0.717) is 24.4 Å². The summed E-state index contributed by atoms with van der Waals surface area (Å²) in [5.41, 5.74) is 1.61. The lowest BCUT2D eigenvalue weighted by atomic mass is 10.1. The van der Waals surface area contributed by atoms with Crippen LogP contribution in [-0.2, 0) is 13.1 Å². The van der Waals surface area contributed by atoms with Gasteiger partial charge in [0.2, 0.25) is 5.76 Å². The molecule has 0 atom stereocenters. The Bertz CT molecular complexity index is 626. The first kappa shape index (κ1) is 12.9. The van der Waals surface area contributed by atoms with Crippen LogP contribution < -0.4 is 5.32 Å². The minimum Gasteiger partial charge on any atom is -0.475 e. The number of nitrogens with zero attached hydrogens (tertiary/aromatic N) is 1. The van der Waals surface area contributed by atoms with Crippen molar-refractivity contribution in [3.05, 3.63) is 59.0 Å². The Morgan fingerprint density at radius 2 is 2.16 bits per heavy atom. The summed E-state index contributed by atoms with van der Waals surface area (Å²) in [5, 5.41) is 20.6. The zero-order valence-corrected chi connectivity index (χ0v) is 10.1. The number of benzene rings is 1. The average molecular weight is 256 g/mol. The molecule has 0 amide bonds. The second-order valence-electron chi connectivity index (χ2n) is 3.99. The third kappa shape index (κ3) is 3.44. The van der Waals surface area contributed by atoms with Crippen molar-refractivity contribution >= 4 is 5.97 Å². The van der Waals surface area contributed by atoms with Crippen molar-refractivity contribution in [3.63, 3.8) is 0 Å². The van der Waals surface area contributed by atoms with Crippen LogP contribution in [-0.4, -0.2) is 11.1 Å². The number of aromatic carboxylic acids is 1. The molecule has 0 bridgehead atoms. The fourth-order valence-electron chi connectivity index (χ4n) is 1.67. The number of carboxylic acid groups (broad SMARTS) is 1. The molecule has 2 aromatic rings. The molecule has 5 nitrogen and oxygen atoms in total. The lowest BCUT2D eigenvalue weighted by Gasteiger charge is -2.03. The summed E-state index contributed by atoms with van der Waals surface area (Å²) in [6, 6.07) is 12.4. The van der Waals surface area contributed by atoms with Crippen LogP contribution in [0.4, 0.5) is 0 Å². The highest BCUT2D eigenvalue weighted by molar-refractivity contribution is 5.84. The zero-order valence-electron chi connectivity index (χ0n) is 10.1. The van der Waals surface area contributed by atoms with E-state index in [2.05, 4.69) is 11.4 Å². The summed E-state index contributed by atoms with van der Waals surface area (Å²) in [4.78, 5) is 10.6. The molecule has 5 heteroatoms. The van der Waals surface area contributed by atoms with Gasteiger partial charge in [0, 0.05) is 6.54 Å². The van der Waals surface area contributed by atoms with Gasteiger partial charge in [-0.05, 0) is 29.8 Å². The van der Waals surface area contributed by atoms with Gasteiger partial charge in [0.05, 0.1) is 18.2 Å². The molecule has 0 radical (unpaired) electrons. The van der Waals surface area contributed by atoms with E-state index in [1.54, 1.807) is 18.2 Å². The molecular formula is C14H12N2O3. The summed E-state index contributed by atoms with van der Waals surface area (Å²) >= 11 is 0. The number of furan rings is 1. The van der Waals surface area contributed by atoms with Crippen molar-refractivity contribution < 1.29 is 14.3 Å². The Morgan fingerprint density at radius 1 is 1.32 bits per heavy atom. The maximum absolute atomic E-state index is 10.6. The van der Waals surface area contributed by atoms with Gasteiger partial charge in [-0.3, -0.25) is 0 Å². The van der Waals surface area contributed by atoms with Gasteiger partial charge in [-0.2, -0.15) is 5.26 Å². The second kappa shape index (κ2) is 5.85. The normalized spacial score (nSPS) is 10.1. The highest BCUT2D eigenvalue weighted by Crippen LogP contribution is 2.08. The maximum Gasteiger partial charge on any atom is 0.371 e. The molecule has 0 aliphatic rings. The number of hydrogen-bond acceptors (Lipinski definition) is 4. The molecule has 0 aliphatic carbocycles. The third-order valence-corrected chi connectivity index (χ3v) is 2.56. The van der Waals surface area contributed by atoms with E-state index >= 15 is 0 Å². The maximum atomic E-state index is 10.6. The molecule has 0 fully saturated rings. The molecule has 2 rings (SSSR count). The smallest absolute Gasteiger partial charge is 0.371 e. The number of nitrogens with one attached hydrogen (secondary N) is 1. The summed E-state index contributed by atoms with van der Waals surface area (Å²) in [6.07, 6.45) is 0. The van der Waals surface area contributed by atoms with Crippen molar-refractivity contribution in [3.8, 4) is 6.07 Å². The SMILES string of the molecule is N#Cc1cccc(CNCc2ccc(C(=O)O)o2)c1. The first-order chi connectivity index (χ1) is 9.19. The molecule has 0 spiro atoms. The molecule has 0 aliphatic heterocycles. The Kier molecular flexibility index (Phi) is 3.96. The van der Waals surface area contributed by atoms with Crippen LogP contribution in [0.15, 0.2) is 40.8 Å². The molecule has 1 aromatic carbocycles. The third-order valence-electron chi connectivity index (χ3n) is 2.56. The molecule has 0 saturated heterocycles. The number of nitriles is 1. The molecule has 1 heterocycles. The van der Waals surface area contributed by atoms with Crippen molar-refractivity contribution in [1.82, 2.24) is 5.32 Å². The second-order valence-corrected chi connectivity index (χ2v) is 3.99. The number of carbonyl (C=O) groups is 1. The van der Waals surface area contributed by atoms with Crippen LogP contribution in [0, 0.1) is 11.3 Å². The Labute approximate surface area is 110 Å². The largest absolute Gasteiger partial charge is 0.475 e. The fourth-order valence-corrected chi connectivity index (χ4v) is 1.67. The molecule has 0 unspecified atom stereocenters. The quantitative estimate of drug-likeness (QED) is 0.855. The van der Waals surface area contributed by atoms with E-state index < -0.39 is 5.97 Å². The van der Waals surface area contributed by atoms with Gasteiger partial charge in [0.15, 0.2) is 0 Å². The molecule has 0 saturated carbocycles. The van der Waals surface area contributed by atoms with Crippen LogP contribution in [0.1, 0.15) is 27.4 Å². The average Bonchev–Trinajstić information content (AvgIpc) is 2.88. The Balaban J connectivity index is 1.89. The van der Waals surface area contributed by atoms with Gasteiger partial charge in [0.25, 0.3) is 0 Å². The van der Waals surface area contributed by atoms with E-state index in [4.69, 9.17) is 14.8 Å². The van der Waals surface area contributed by atoms with Crippen molar-refractivity contribution in [2.45, 2.75) is 13.1 Å². The summed E-state index contributed by atoms with van der Waals surface area (Å²) in [6.45, 7) is 1.02. The standard InChI is InChI=1S/C14H12N2O3/c15-7-10-2-1-3-11(6-10)8-16-9-12-4-5-13(19-12)14(17)18/h1-6,16H,8-9H2,(H,17,18). The zero-order chi connectivity index (χ0) is 13.7. The first-order valence-electron chi connectivity index (χ1n) is 5.71. The van der Waals surface area contributed by atoms with Crippen molar-refractivity contribution in [2.24, 2.45) is 0 Å². The van der Waals surface area contributed by atoms with Crippen LogP contribution in [0.3, 0.4) is 0 Å². The van der Waals surface area contributed by atoms with Gasteiger partial charge in [0.1, 0.15) is 5.76 Å². The highest BCUT2D eigenvalue weighted by atomic mass is 16.4. The predicted octanol–water partition coefficient (Wildman–Crippen LogP) is 2.14. The van der Waals surface area contributed by atoms with E-state index in [-0.39, 0.29) is 5.76 Å². The lowest BCUT2D eigenvalue weighted by molar-refractivity contribution is 0.0660. The fraction of sp³-hybridized carbons (Fsp3) is 0.143. The van der Waals surface area contributed by atoms with E-state index in [0.717, 1.165) is 5.56 Å². The van der Waals surface area contributed by atoms with Gasteiger partial charge >= 0.3 is 5.97 Å². The Hall–Kier alpha value is -2.58. The Morgan fingerprint density at radius 3 is 2.84 bits per heavy atom. The van der Waals surface area contributed by atoms with E-state index in [1.165, 1.54) is 6.07 Å². The van der Waals surface area contributed by atoms with Crippen LogP contribution in [0.2, 0.25) is 0 Å². The summed E-state index contributed by atoms with van der Waals surface area (Å²) in [7, 11) is 0. The molecule has 19 heavy (non-hydrogen) atoms.